The maximum atomic E-state index is 4.31. The van der Waals surface area contributed by atoms with Gasteiger partial charge in [-0.3, -0.25) is 0 Å². The second-order valence-electron chi connectivity index (χ2n) is 2.38. The molecule has 2 atom stereocenters. The van der Waals surface area contributed by atoms with Crippen molar-refractivity contribution in [2.24, 2.45) is 0 Å². The first-order valence-corrected chi connectivity index (χ1v) is 3.55. The highest BCUT2D eigenvalue weighted by Gasteiger charge is 2.34. The first-order valence-electron chi connectivity index (χ1n) is 3.03. The third-order valence-electron chi connectivity index (χ3n) is 1.63. The molecular formula is C6H8N2S. The lowest BCUT2D eigenvalue weighted by molar-refractivity contribution is 0.744. The van der Waals surface area contributed by atoms with Crippen LogP contribution in [0.1, 0.15) is 12.5 Å². The van der Waals surface area contributed by atoms with Crippen molar-refractivity contribution in [3.8, 4) is 0 Å². The standard InChI is InChI=1S/C6H8N2S/c9-6-3-5(6)8-2-1-7-4-8/h1-2,4-6,9H,3H2. The molecule has 0 aliphatic heterocycles. The Hall–Kier alpha value is -0.440. The van der Waals surface area contributed by atoms with E-state index in [0.717, 1.165) is 0 Å². The molecule has 2 rings (SSSR count). The van der Waals surface area contributed by atoms with Gasteiger partial charge in [-0.2, -0.15) is 12.6 Å². The highest BCUT2D eigenvalue weighted by molar-refractivity contribution is 7.81. The smallest absolute Gasteiger partial charge is 0.0948 e. The van der Waals surface area contributed by atoms with Crippen LogP contribution in [0.5, 0.6) is 0 Å². The van der Waals surface area contributed by atoms with Crippen molar-refractivity contribution in [3.05, 3.63) is 18.7 Å². The Balaban J connectivity index is 2.18. The Morgan fingerprint density at radius 3 is 2.89 bits per heavy atom. The van der Waals surface area contributed by atoms with E-state index in [4.69, 9.17) is 0 Å². The van der Waals surface area contributed by atoms with E-state index in [2.05, 4.69) is 22.2 Å². The molecule has 48 valence electrons. The lowest BCUT2D eigenvalue weighted by Crippen LogP contribution is -1.90. The predicted octanol–water partition coefficient (Wildman–Crippen LogP) is 1.13. The summed E-state index contributed by atoms with van der Waals surface area (Å²) < 4.78 is 2.11. The summed E-state index contributed by atoms with van der Waals surface area (Å²) in [5, 5.41) is 0.569. The van der Waals surface area contributed by atoms with Gasteiger partial charge in [0.15, 0.2) is 0 Å². The van der Waals surface area contributed by atoms with E-state index < -0.39 is 0 Å². The summed E-state index contributed by atoms with van der Waals surface area (Å²) in [6.45, 7) is 0. The van der Waals surface area contributed by atoms with Gasteiger partial charge in [-0.25, -0.2) is 4.98 Å². The van der Waals surface area contributed by atoms with Crippen LogP contribution in [0, 0.1) is 0 Å². The molecule has 1 aromatic heterocycles. The number of hydrogen-bond acceptors (Lipinski definition) is 2. The van der Waals surface area contributed by atoms with E-state index in [9.17, 15) is 0 Å². The highest BCUT2D eigenvalue weighted by atomic mass is 32.1. The van der Waals surface area contributed by atoms with Crippen LogP contribution in [0.2, 0.25) is 0 Å². The summed E-state index contributed by atoms with van der Waals surface area (Å²) in [6.07, 6.45) is 6.83. The summed E-state index contributed by atoms with van der Waals surface area (Å²) in [4.78, 5) is 3.95. The topological polar surface area (TPSA) is 17.8 Å². The van der Waals surface area contributed by atoms with E-state index in [1.165, 1.54) is 6.42 Å². The fraction of sp³-hybridized carbons (Fsp3) is 0.500. The third-order valence-corrected chi connectivity index (χ3v) is 2.19. The van der Waals surface area contributed by atoms with Crippen LogP contribution in [-0.4, -0.2) is 14.8 Å². The maximum absolute atomic E-state index is 4.31. The van der Waals surface area contributed by atoms with Crippen molar-refractivity contribution in [1.82, 2.24) is 9.55 Å². The first kappa shape index (κ1) is 5.35. The Morgan fingerprint density at radius 1 is 1.67 bits per heavy atom. The summed E-state index contributed by atoms with van der Waals surface area (Å²) in [5.74, 6) is 0. The molecule has 9 heavy (non-hydrogen) atoms. The number of rotatable bonds is 1. The highest BCUT2D eigenvalue weighted by Crippen LogP contribution is 2.39. The minimum atomic E-state index is 0.569. The Morgan fingerprint density at radius 2 is 2.44 bits per heavy atom. The van der Waals surface area contributed by atoms with Crippen LogP contribution < -0.4 is 0 Å². The molecule has 0 bridgehead atoms. The van der Waals surface area contributed by atoms with Crippen molar-refractivity contribution in [3.63, 3.8) is 0 Å². The largest absolute Gasteiger partial charge is 0.333 e. The molecule has 1 aromatic rings. The van der Waals surface area contributed by atoms with Gasteiger partial charge >= 0.3 is 0 Å². The SMILES string of the molecule is SC1CC1n1ccnc1. The van der Waals surface area contributed by atoms with Crippen LogP contribution in [0.3, 0.4) is 0 Å². The zero-order valence-electron chi connectivity index (χ0n) is 4.94. The van der Waals surface area contributed by atoms with Gasteiger partial charge in [-0.1, -0.05) is 0 Å². The van der Waals surface area contributed by atoms with Gasteiger partial charge in [0.05, 0.1) is 6.33 Å². The Labute approximate surface area is 59.3 Å². The fourth-order valence-corrected chi connectivity index (χ4v) is 1.32. The molecule has 2 nitrogen and oxygen atoms in total. The monoisotopic (exact) mass is 140 g/mol. The van der Waals surface area contributed by atoms with Crippen LogP contribution in [-0.2, 0) is 0 Å². The number of aromatic nitrogens is 2. The summed E-state index contributed by atoms with van der Waals surface area (Å²) >= 11 is 4.31. The van der Waals surface area contributed by atoms with E-state index in [1.807, 2.05) is 12.5 Å². The van der Waals surface area contributed by atoms with Crippen LogP contribution >= 0.6 is 12.6 Å². The molecular weight excluding hydrogens is 132 g/mol. The molecule has 0 saturated heterocycles. The minimum absolute atomic E-state index is 0.569. The van der Waals surface area contributed by atoms with Crippen molar-refractivity contribution in [2.45, 2.75) is 17.7 Å². The molecule has 0 N–H and O–H groups in total. The summed E-state index contributed by atoms with van der Waals surface area (Å²) in [6, 6.07) is 0.621. The fourth-order valence-electron chi connectivity index (χ4n) is 0.955. The van der Waals surface area contributed by atoms with Crippen molar-refractivity contribution in [2.75, 3.05) is 0 Å². The number of hydrogen-bond donors (Lipinski definition) is 1. The second kappa shape index (κ2) is 1.77. The summed E-state index contributed by atoms with van der Waals surface area (Å²) in [5.41, 5.74) is 0. The van der Waals surface area contributed by atoms with Gasteiger partial charge in [-0.15, -0.1) is 0 Å². The molecule has 0 radical (unpaired) electrons. The Kier molecular flexibility index (Phi) is 1.05. The van der Waals surface area contributed by atoms with Gasteiger partial charge in [0.2, 0.25) is 0 Å². The first-order chi connectivity index (χ1) is 4.38. The molecule has 0 amide bonds. The van der Waals surface area contributed by atoms with Gasteiger partial charge in [0.25, 0.3) is 0 Å². The van der Waals surface area contributed by atoms with E-state index in [0.29, 0.717) is 11.3 Å². The quantitative estimate of drug-likeness (QED) is 0.579. The van der Waals surface area contributed by atoms with E-state index >= 15 is 0 Å². The van der Waals surface area contributed by atoms with E-state index in [-0.39, 0.29) is 0 Å². The number of nitrogens with zero attached hydrogens (tertiary/aromatic N) is 2. The number of imidazole rings is 1. The molecule has 1 aliphatic rings. The van der Waals surface area contributed by atoms with Gasteiger partial charge in [0, 0.05) is 23.7 Å². The average molecular weight is 140 g/mol. The van der Waals surface area contributed by atoms with Gasteiger partial charge < -0.3 is 4.57 Å². The van der Waals surface area contributed by atoms with Gasteiger partial charge in [0.1, 0.15) is 0 Å². The van der Waals surface area contributed by atoms with Crippen molar-refractivity contribution < 1.29 is 0 Å². The average Bonchev–Trinajstić information content (AvgIpc) is 2.44. The second-order valence-corrected chi connectivity index (χ2v) is 3.04. The molecule has 0 spiro atoms. The molecule has 1 saturated carbocycles. The van der Waals surface area contributed by atoms with Crippen LogP contribution in [0.15, 0.2) is 18.7 Å². The molecule has 1 fully saturated rings. The van der Waals surface area contributed by atoms with Crippen LogP contribution in [0.4, 0.5) is 0 Å². The predicted molar refractivity (Wildman–Crippen MR) is 38.7 cm³/mol. The molecule has 1 heterocycles. The van der Waals surface area contributed by atoms with Crippen molar-refractivity contribution in [1.29, 1.82) is 0 Å². The zero-order chi connectivity index (χ0) is 6.27. The molecule has 2 unspecified atom stereocenters. The molecule has 1 aliphatic carbocycles. The number of thiol groups is 1. The maximum Gasteiger partial charge on any atom is 0.0948 e. The van der Waals surface area contributed by atoms with Crippen molar-refractivity contribution >= 4 is 12.6 Å². The van der Waals surface area contributed by atoms with E-state index in [1.54, 1.807) is 6.20 Å². The zero-order valence-corrected chi connectivity index (χ0v) is 5.83. The Bertz CT molecular complexity index is 195. The van der Waals surface area contributed by atoms with Crippen LogP contribution in [0.25, 0.3) is 0 Å². The third kappa shape index (κ3) is 0.852. The summed E-state index contributed by atoms with van der Waals surface area (Å²) in [7, 11) is 0. The van der Waals surface area contributed by atoms with Gasteiger partial charge in [-0.05, 0) is 6.42 Å². The normalized spacial score (nSPS) is 32.6. The minimum Gasteiger partial charge on any atom is -0.333 e. The lowest BCUT2D eigenvalue weighted by Gasteiger charge is -1.93. The molecule has 3 heteroatoms. The lowest BCUT2D eigenvalue weighted by atomic mass is 10.7. The molecule has 0 aromatic carbocycles.